The van der Waals surface area contributed by atoms with Gasteiger partial charge in [-0.2, -0.15) is 5.10 Å². The Labute approximate surface area is 115 Å². The maximum absolute atomic E-state index is 12.1. The lowest BCUT2D eigenvalue weighted by Crippen LogP contribution is -2.25. The fourth-order valence-electron chi connectivity index (χ4n) is 1.59. The van der Waals surface area contributed by atoms with Crippen LogP contribution in [0.2, 0.25) is 0 Å². The summed E-state index contributed by atoms with van der Waals surface area (Å²) in [6.45, 7) is 1.61. The van der Waals surface area contributed by atoms with Crippen LogP contribution in [0, 0.1) is 0 Å². The number of amides is 1. The van der Waals surface area contributed by atoms with E-state index in [0.717, 1.165) is 0 Å². The van der Waals surface area contributed by atoms with Crippen LogP contribution in [0.4, 0.5) is 5.69 Å². The third kappa shape index (κ3) is 3.00. The van der Waals surface area contributed by atoms with E-state index in [0.29, 0.717) is 0 Å². The molecular weight excluding hydrogens is 282 g/mol. The molecule has 0 radical (unpaired) electrons. The first-order chi connectivity index (χ1) is 9.39. The maximum atomic E-state index is 12.1. The van der Waals surface area contributed by atoms with Gasteiger partial charge in [-0.1, -0.05) is 12.1 Å². The topological polar surface area (TPSA) is 120 Å². The van der Waals surface area contributed by atoms with Crippen molar-refractivity contribution in [1.82, 2.24) is 14.8 Å². The van der Waals surface area contributed by atoms with Gasteiger partial charge in [0.25, 0.3) is 0 Å². The first kappa shape index (κ1) is 14.2. The van der Waals surface area contributed by atoms with Crippen LogP contribution in [-0.4, -0.2) is 29.1 Å². The van der Waals surface area contributed by atoms with E-state index in [1.54, 1.807) is 13.0 Å². The Morgan fingerprint density at radius 3 is 2.70 bits per heavy atom. The fraction of sp³-hybridized carbons (Fsp3) is 0.182. The molecule has 8 nitrogen and oxygen atoms in total. The molecule has 106 valence electrons. The van der Waals surface area contributed by atoms with E-state index in [-0.39, 0.29) is 10.6 Å². The number of benzene rings is 1. The highest BCUT2D eigenvalue weighted by atomic mass is 32.2. The molecule has 0 aliphatic carbocycles. The number of hydrogen-bond acceptors (Lipinski definition) is 5. The summed E-state index contributed by atoms with van der Waals surface area (Å²) in [6, 6.07) is 5.28. The number of carbonyl (C=O) groups excluding carboxylic acids is 1. The van der Waals surface area contributed by atoms with Crippen molar-refractivity contribution in [3.8, 4) is 0 Å². The number of aromatic nitrogens is 3. The number of primary sulfonamides is 1. The molecule has 2 aromatic rings. The lowest BCUT2D eigenvalue weighted by atomic mass is 10.2. The number of hydrogen-bond donors (Lipinski definition) is 2. The maximum Gasteiger partial charge on any atom is 0.249 e. The largest absolute Gasteiger partial charge is 0.323 e. The monoisotopic (exact) mass is 295 g/mol. The summed E-state index contributed by atoms with van der Waals surface area (Å²) in [7, 11) is -3.91. The fourth-order valence-corrected chi connectivity index (χ4v) is 2.29. The van der Waals surface area contributed by atoms with Crippen molar-refractivity contribution in [3.63, 3.8) is 0 Å². The second-order valence-electron chi connectivity index (χ2n) is 4.08. The number of nitrogens with zero attached hydrogens (tertiary/aromatic N) is 3. The van der Waals surface area contributed by atoms with Gasteiger partial charge in [0.05, 0.1) is 5.69 Å². The zero-order chi connectivity index (χ0) is 14.8. The van der Waals surface area contributed by atoms with Crippen LogP contribution in [0.15, 0.2) is 41.8 Å². The molecule has 1 unspecified atom stereocenters. The molecule has 0 aliphatic heterocycles. The highest BCUT2D eigenvalue weighted by Gasteiger charge is 2.19. The minimum absolute atomic E-state index is 0.131. The van der Waals surface area contributed by atoms with Crippen LogP contribution in [0.5, 0.6) is 0 Å². The van der Waals surface area contributed by atoms with Crippen LogP contribution in [0.3, 0.4) is 0 Å². The number of sulfonamides is 1. The molecule has 20 heavy (non-hydrogen) atoms. The summed E-state index contributed by atoms with van der Waals surface area (Å²) < 4.78 is 24.2. The van der Waals surface area contributed by atoms with Gasteiger partial charge in [0.15, 0.2) is 0 Å². The molecule has 1 atom stereocenters. The minimum atomic E-state index is -3.91. The smallest absolute Gasteiger partial charge is 0.249 e. The summed E-state index contributed by atoms with van der Waals surface area (Å²) in [4.78, 5) is 15.7. The second kappa shape index (κ2) is 5.39. The molecule has 1 aromatic carbocycles. The average molecular weight is 295 g/mol. The normalized spacial score (nSPS) is 12.9. The SMILES string of the molecule is CC(C(=O)Nc1ccccc1S(N)(=O)=O)n1cncn1. The summed E-state index contributed by atoms with van der Waals surface area (Å²) in [5.41, 5.74) is 0.131. The van der Waals surface area contributed by atoms with Crippen molar-refractivity contribution in [1.29, 1.82) is 0 Å². The van der Waals surface area contributed by atoms with Gasteiger partial charge in [-0.05, 0) is 19.1 Å². The molecule has 0 fully saturated rings. The Kier molecular flexibility index (Phi) is 3.81. The Hall–Kier alpha value is -2.26. The third-order valence-corrected chi connectivity index (χ3v) is 3.63. The van der Waals surface area contributed by atoms with Crippen LogP contribution in [0.1, 0.15) is 13.0 Å². The van der Waals surface area contributed by atoms with Crippen molar-refractivity contribution in [3.05, 3.63) is 36.9 Å². The summed E-state index contributed by atoms with van der Waals surface area (Å²) in [5.74, 6) is -0.424. The first-order valence-electron chi connectivity index (χ1n) is 5.66. The van der Waals surface area contributed by atoms with Crippen molar-refractivity contribution in [2.45, 2.75) is 17.9 Å². The second-order valence-corrected chi connectivity index (χ2v) is 5.61. The van der Waals surface area contributed by atoms with E-state index < -0.39 is 22.0 Å². The average Bonchev–Trinajstić information content (AvgIpc) is 2.91. The van der Waals surface area contributed by atoms with E-state index in [2.05, 4.69) is 15.4 Å². The summed E-state index contributed by atoms with van der Waals surface area (Å²) in [5, 5.41) is 11.5. The molecule has 0 saturated heterocycles. The Morgan fingerprint density at radius 1 is 1.40 bits per heavy atom. The molecule has 9 heteroatoms. The third-order valence-electron chi connectivity index (χ3n) is 2.66. The number of nitrogens with one attached hydrogen (secondary N) is 1. The molecule has 1 heterocycles. The van der Waals surface area contributed by atoms with Gasteiger partial charge in [0.2, 0.25) is 15.9 Å². The predicted octanol–water partition coefficient (Wildman–Crippen LogP) is 0.125. The van der Waals surface area contributed by atoms with Crippen LogP contribution < -0.4 is 10.5 Å². The first-order valence-corrected chi connectivity index (χ1v) is 7.21. The molecule has 2 rings (SSSR count). The van der Waals surface area contributed by atoms with Crippen LogP contribution in [-0.2, 0) is 14.8 Å². The lowest BCUT2D eigenvalue weighted by molar-refractivity contribution is -0.119. The lowest BCUT2D eigenvalue weighted by Gasteiger charge is -2.13. The van der Waals surface area contributed by atoms with E-state index in [9.17, 15) is 13.2 Å². The molecular formula is C11H13N5O3S. The van der Waals surface area contributed by atoms with Gasteiger partial charge in [0.1, 0.15) is 23.6 Å². The van der Waals surface area contributed by atoms with E-state index in [1.165, 1.54) is 35.5 Å². The predicted molar refractivity (Wildman–Crippen MR) is 71.2 cm³/mol. The zero-order valence-corrected chi connectivity index (χ0v) is 11.4. The quantitative estimate of drug-likeness (QED) is 0.830. The van der Waals surface area contributed by atoms with Gasteiger partial charge in [-0.25, -0.2) is 23.2 Å². The number of carbonyl (C=O) groups is 1. The van der Waals surface area contributed by atoms with Crippen molar-refractivity contribution >= 4 is 21.6 Å². The van der Waals surface area contributed by atoms with Gasteiger partial charge < -0.3 is 5.32 Å². The molecule has 0 saturated carbocycles. The number of para-hydroxylation sites is 1. The van der Waals surface area contributed by atoms with Crippen molar-refractivity contribution < 1.29 is 13.2 Å². The molecule has 1 amide bonds. The number of nitrogens with two attached hydrogens (primary N) is 1. The van der Waals surface area contributed by atoms with Crippen LogP contribution >= 0.6 is 0 Å². The van der Waals surface area contributed by atoms with Gasteiger partial charge in [0, 0.05) is 0 Å². The Bertz CT molecular complexity index is 711. The highest BCUT2D eigenvalue weighted by molar-refractivity contribution is 7.89. The summed E-state index contributed by atoms with van der Waals surface area (Å²) in [6.07, 6.45) is 2.71. The van der Waals surface area contributed by atoms with E-state index in [1.807, 2.05) is 0 Å². The van der Waals surface area contributed by atoms with Gasteiger partial charge in [-0.3, -0.25) is 4.79 Å². The van der Waals surface area contributed by atoms with E-state index in [4.69, 9.17) is 5.14 Å². The summed E-state index contributed by atoms with van der Waals surface area (Å²) >= 11 is 0. The molecule has 3 N–H and O–H groups in total. The molecule has 0 spiro atoms. The standard InChI is InChI=1S/C11H13N5O3S/c1-8(16-7-13-6-14-16)11(17)15-9-4-2-3-5-10(9)20(12,18)19/h2-8H,1H3,(H,15,17)(H2,12,18,19). The molecule has 0 bridgehead atoms. The van der Waals surface area contributed by atoms with E-state index >= 15 is 0 Å². The van der Waals surface area contributed by atoms with Crippen molar-refractivity contribution in [2.24, 2.45) is 5.14 Å². The number of rotatable bonds is 4. The molecule has 0 aliphatic rings. The minimum Gasteiger partial charge on any atom is -0.323 e. The highest BCUT2D eigenvalue weighted by Crippen LogP contribution is 2.20. The van der Waals surface area contributed by atoms with Gasteiger partial charge in [-0.15, -0.1) is 0 Å². The van der Waals surface area contributed by atoms with Gasteiger partial charge >= 0.3 is 0 Å². The van der Waals surface area contributed by atoms with Crippen LogP contribution in [0.25, 0.3) is 0 Å². The van der Waals surface area contributed by atoms with Crippen molar-refractivity contribution in [2.75, 3.05) is 5.32 Å². The zero-order valence-electron chi connectivity index (χ0n) is 10.6. The number of anilines is 1. The molecule has 1 aromatic heterocycles. The Morgan fingerprint density at radius 2 is 2.10 bits per heavy atom. The Balaban J connectivity index is 2.25.